The SMILES string of the molecule is C[C@@H]1O[C@@H](OC[C@H]2O[C@@H](Oc3cc4c(O[C@@H]5O[C@H](COC(=O)CC(=O)O)[C@@H](O)[C@H](O)[C@H]5O)cc(O)cc4[o+]c3-c3ccc(O)c(O[C@@H]4O[C@H](COC(=O)C=Cc5ccc(O)c(O)c5)[C@@H](O)[C@H](O)[C@H]4O)c3)[C@H](O)[C@@H](O)[C@@H]2O)[C@H](O)[C@H](O)[C@H]1OC(=O)C=Cc1ccc(O)cc1. The number of hydrogen-bond acceptors (Lipinski definition) is 31. The Kier molecular flexibility index (Phi) is 21.9. The van der Waals surface area contributed by atoms with Crippen LogP contribution in [0.15, 0.2) is 95.4 Å². The Labute approximate surface area is 523 Å². The Hall–Kier alpha value is -8.59. The summed E-state index contributed by atoms with van der Waals surface area (Å²) in [6.45, 7) is -1.04. The Balaban J connectivity index is 0.986. The van der Waals surface area contributed by atoms with E-state index in [0.29, 0.717) is 5.56 Å². The number of hydrogen-bond donors (Lipinski definition) is 17. The van der Waals surface area contributed by atoms with Crippen molar-refractivity contribution in [2.45, 2.75) is 136 Å². The van der Waals surface area contributed by atoms with Gasteiger partial charge in [-0.1, -0.05) is 18.2 Å². The molecule has 93 heavy (non-hydrogen) atoms. The number of fused-ring (bicyclic) bond motifs is 1. The third kappa shape index (κ3) is 16.3. The van der Waals surface area contributed by atoms with Gasteiger partial charge in [0.15, 0.2) is 35.4 Å². The van der Waals surface area contributed by atoms with Crippen LogP contribution in [0.25, 0.3) is 34.4 Å². The van der Waals surface area contributed by atoms with Gasteiger partial charge in [-0.05, 0) is 66.6 Å². The fourth-order valence-corrected chi connectivity index (χ4v) is 9.93. The summed E-state index contributed by atoms with van der Waals surface area (Å²) in [7, 11) is 0. The van der Waals surface area contributed by atoms with E-state index < -0.39 is 219 Å². The molecular formula is C60H65O33+. The molecule has 17 N–H and O–H groups in total. The molecule has 0 radical (unpaired) electrons. The number of aliphatic hydroxyl groups excluding tert-OH is 11. The number of carboxylic acid groups (broad SMARTS) is 1. The number of ether oxygens (including phenoxy) is 11. The first-order valence-electron chi connectivity index (χ1n) is 28.3. The van der Waals surface area contributed by atoms with Crippen LogP contribution in [0.1, 0.15) is 24.5 Å². The van der Waals surface area contributed by atoms with E-state index in [0.717, 1.165) is 48.6 Å². The molecule has 4 aliphatic rings. The number of phenolic OH excluding ortho intramolecular Hbond substituents is 5. The fourth-order valence-electron chi connectivity index (χ4n) is 9.93. The van der Waals surface area contributed by atoms with Gasteiger partial charge in [-0.15, -0.1) is 0 Å². The summed E-state index contributed by atoms with van der Waals surface area (Å²) in [6.07, 6.45) is -34.1. The highest BCUT2D eigenvalue weighted by Crippen LogP contribution is 2.44. The summed E-state index contributed by atoms with van der Waals surface area (Å²) in [5.74, 6) is -8.96. The Morgan fingerprint density at radius 2 is 1.01 bits per heavy atom. The monoisotopic (exact) mass is 1310 g/mol. The highest BCUT2D eigenvalue weighted by molar-refractivity contribution is 5.91. The molecule has 502 valence electrons. The van der Waals surface area contributed by atoms with Crippen molar-refractivity contribution >= 4 is 47.0 Å². The average molecular weight is 1310 g/mol. The molecule has 20 atom stereocenters. The molecule has 4 saturated heterocycles. The molecule has 4 fully saturated rings. The van der Waals surface area contributed by atoms with Gasteiger partial charge in [0.2, 0.25) is 24.6 Å². The fraction of sp³-hybridized carbons (Fsp3) is 0.417. The Morgan fingerprint density at radius 3 is 1.61 bits per heavy atom. The summed E-state index contributed by atoms with van der Waals surface area (Å²) in [5.41, 5.74) is 0.292. The summed E-state index contributed by atoms with van der Waals surface area (Å²) in [4.78, 5) is 48.6. The van der Waals surface area contributed by atoms with Crippen LogP contribution in [0.2, 0.25) is 0 Å². The third-order valence-electron chi connectivity index (χ3n) is 15.0. The van der Waals surface area contributed by atoms with Crippen LogP contribution in [0, 0.1) is 0 Å². The number of benzene rings is 4. The van der Waals surface area contributed by atoms with Crippen molar-refractivity contribution < 1.29 is 163 Å². The van der Waals surface area contributed by atoms with Crippen LogP contribution < -0.4 is 14.2 Å². The topological polar surface area (TPSA) is 525 Å². The molecule has 33 nitrogen and oxygen atoms in total. The molecule has 9 rings (SSSR count). The van der Waals surface area contributed by atoms with Gasteiger partial charge in [-0.25, -0.2) is 14.0 Å². The molecule has 4 aromatic carbocycles. The minimum Gasteiger partial charge on any atom is -0.508 e. The van der Waals surface area contributed by atoms with Crippen LogP contribution >= 0.6 is 0 Å². The molecule has 4 aliphatic heterocycles. The molecule has 0 spiro atoms. The summed E-state index contributed by atoms with van der Waals surface area (Å²) >= 11 is 0. The maximum absolute atomic E-state index is 12.7. The second-order valence-corrected chi connectivity index (χ2v) is 21.7. The van der Waals surface area contributed by atoms with Gasteiger partial charge >= 0.3 is 35.2 Å². The molecule has 0 aliphatic carbocycles. The van der Waals surface area contributed by atoms with E-state index in [-0.39, 0.29) is 27.8 Å². The average Bonchev–Trinajstić information content (AvgIpc) is 0.781. The number of esters is 3. The standard InChI is InChI=1S/C60H64O33/c1-23-55(93-42(69)13-5-24-2-8-27(61)9-3-24)50(77)54(81)57(85-23)84-22-39-46(73)49(76)53(80)60(92-39)89-36-18-29-33(16-28(62)17-34(29)87-58-51(78)47(74)45(72)38(90-58)21-83-43(70)19-40(66)67)86-56(36)26-7-11-31(64)35(15-26)88-59-52(79)48(75)44(71)37(91-59)20-82-41(68)12-6-25-4-10-30(63)32(65)14-25/h2-18,23,37-39,44-55,57-60,71-81H,19-22H2,1H3,(H5-,61,62,63,64,65,66,67,68,69)/p+1/t23-,37+,38+,39+,44+,45+,46+,47-,48-,49-,50-,51+,52+,53+,54+,55-,57+,58+,59+,60+/m0/s1. The summed E-state index contributed by atoms with van der Waals surface area (Å²) in [5, 5.41) is 182. The lowest BCUT2D eigenvalue weighted by atomic mass is 9.98. The molecule has 1 aromatic heterocycles. The number of carbonyl (C=O) groups excluding carboxylic acids is 3. The first-order chi connectivity index (χ1) is 44.1. The van der Waals surface area contributed by atoms with E-state index in [1.54, 1.807) is 0 Å². The van der Waals surface area contributed by atoms with Crippen molar-refractivity contribution in [1.82, 2.24) is 0 Å². The predicted octanol–water partition coefficient (Wildman–Crippen LogP) is -2.15. The van der Waals surface area contributed by atoms with Gasteiger partial charge in [0.1, 0.15) is 128 Å². The van der Waals surface area contributed by atoms with E-state index >= 15 is 0 Å². The van der Waals surface area contributed by atoms with Gasteiger partial charge in [-0.3, -0.25) is 9.59 Å². The Morgan fingerprint density at radius 1 is 0.484 bits per heavy atom. The van der Waals surface area contributed by atoms with Crippen molar-refractivity contribution in [2.75, 3.05) is 19.8 Å². The number of aromatic hydroxyl groups is 5. The second kappa shape index (κ2) is 29.6. The molecule has 0 unspecified atom stereocenters. The molecule has 0 amide bonds. The molecule has 33 heteroatoms. The quantitative estimate of drug-likeness (QED) is 0.00930. The normalized spacial score (nSPS) is 31.4. The zero-order valence-electron chi connectivity index (χ0n) is 48.3. The molecule has 5 heterocycles. The van der Waals surface area contributed by atoms with E-state index in [9.17, 15) is 101 Å². The van der Waals surface area contributed by atoms with Crippen molar-refractivity contribution in [3.8, 4) is 57.3 Å². The maximum atomic E-state index is 12.7. The van der Waals surface area contributed by atoms with Crippen molar-refractivity contribution in [1.29, 1.82) is 0 Å². The smallest absolute Gasteiger partial charge is 0.402 e. The lowest BCUT2D eigenvalue weighted by molar-refractivity contribution is -0.319. The zero-order valence-corrected chi connectivity index (χ0v) is 48.3. The van der Waals surface area contributed by atoms with Crippen LogP contribution in [-0.4, -0.2) is 253 Å². The van der Waals surface area contributed by atoms with Gasteiger partial charge in [-0.2, -0.15) is 0 Å². The largest absolute Gasteiger partial charge is 0.508 e. The summed E-state index contributed by atoms with van der Waals surface area (Å²) in [6, 6.07) is 15.8. The molecule has 5 aromatic rings. The zero-order chi connectivity index (χ0) is 67.3. The van der Waals surface area contributed by atoms with Crippen LogP contribution in [0.5, 0.6) is 46.0 Å². The number of phenols is 5. The highest BCUT2D eigenvalue weighted by atomic mass is 16.7. The second-order valence-electron chi connectivity index (χ2n) is 21.7. The number of aliphatic hydroxyl groups is 11. The van der Waals surface area contributed by atoms with Crippen LogP contribution in [0.4, 0.5) is 0 Å². The number of aliphatic carboxylic acids is 1. The number of carbonyl (C=O) groups is 4. The van der Waals surface area contributed by atoms with Crippen molar-refractivity contribution in [3.63, 3.8) is 0 Å². The lowest BCUT2D eigenvalue weighted by Crippen LogP contribution is -2.62. The van der Waals surface area contributed by atoms with Gasteiger partial charge in [0.05, 0.1) is 24.3 Å². The van der Waals surface area contributed by atoms with E-state index in [1.807, 2.05) is 0 Å². The van der Waals surface area contributed by atoms with Crippen molar-refractivity contribution in [3.05, 3.63) is 102 Å². The molecular weight excluding hydrogens is 1250 g/mol. The Bertz CT molecular complexity index is 3530. The summed E-state index contributed by atoms with van der Waals surface area (Å²) < 4.78 is 68.6. The van der Waals surface area contributed by atoms with E-state index in [2.05, 4.69) is 0 Å². The van der Waals surface area contributed by atoms with Gasteiger partial charge in [0.25, 0.3) is 0 Å². The van der Waals surface area contributed by atoms with Gasteiger partial charge < -0.3 is 139 Å². The first kappa shape index (κ1) is 68.8. The number of rotatable bonds is 21. The minimum absolute atomic E-state index is 0.0139. The molecule has 0 bridgehead atoms. The third-order valence-corrected chi connectivity index (χ3v) is 15.0. The van der Waals surface area contributed by atoms with E-state index in [1.165, 1.54) is 61.5 Å². The minimum atomic E-state index is -2.17. The van der Waals surface area contributed by atoms with Gasteiger partial charge in [0, 0.05) is 30.4 Å². The van der Waals surface area contributed by atoms with Crippen LogP contribution in [0.3, 0.4) is 0 Å². The maximum Gasteiger partial charge on any atom is 0.402 e. The number of carboxylic acids is 1. The van der Waals surface area contributed by atoms with Crippen LogP contribution in [-0.2, 0) is 57.1 Å². The molecule has 0 saturated carbocycles. The highest BCUT2D eigenvalue weighted by Gasteiger charge is 2.51. The predicted molar refractivity (Wildman–Crippen MR) is 304 cm³/mol. The van der Waals surface area contributed by atoms with E-state index in [4.69, 9.17) is 61.6 Å². The first-order valence-corrected chi connectivity index (χ1v) is 28.3. The lowest BCUT2D eigenvalue weighted by Gasteiger charge is -2.42. The van der Waals surface area contributed by atoms with Crippen molar-refractivity contribution in [2.24, 2.45) is 0 Å².